The van der Waals surface area contributed by atoms with Gasteiger partial charge in [0.2, 0.25) is 0 Å². The number of benzene rings is 4. The van der Waals surface area contributed by atoms with E-state index in [1.54, 1.807) is 12.1 Å². The second-order valence-electron chi connectivity index (χ2n) is 16.1. The summed E-state index contributed by atoms with van der Waals surface area (Å²) in [4.78, 5) is 43.0. The summed E-state index contributed by atoms with van der Waals surface area (Å²) in [7, 11) is 0. The standard InChI is InChI=1S/C48H50Cl4N6O4S2/c49-33-15-17-41-37(29-33)45(35-11-3-5-13-39(35)51)53-31-47(55-41,63-27-25-57-21-7-1-8-22-57)61-43(59)19-20-44(60)62-48(64-28-26-58-23-9-2-10-24-58)32-54-46(36-12-4-6-14-40(36)52)38-30-34(50)16-18-42(38)56-48/h3-6,11-20,29-30,55-56H,1-2,7-10,21-28,31-32H2/b20-19+. The second kappa shape index (κ2) is 21.7. The van der Waals surface area contributed by atoms with Crippen molar-refractivity contribution in [3.8, 4) is 0 Å². The number of carbonyl (C=O) groups is 2. The first-order valence-electron chi connectivity index (χ1n) is 21.7. The van der Waals surface area contributed by atoms with E-state index in [-0.39, 0.29) is 13.1 Å². The number of ether oxygens (including phenoxy) is 2. The van der Waals surface area contributed by atoms with Crippen molar-refractivity contribution in [3.05, 3.63) is 139 Å². The molecular formula is C48H50Cl4N6O4S2. The molecule has 0 spiro atoms. The van der Waals surface area contributed by atoms with Gasteiger partial charge in [-0.2, -0.15) is 0 Å². The molecule has 8 rings (SSSR count). The number of halogens is 4. The zero-order valence-electron chi connectivity index (χ0n) is 35.3. The average molecular weight is 981 g/mol. The highest BCUT2D eigenvalue weighted by atomic mass is 35.5. The lowest BCUT2D eigenvalue weighted by Gasteiger charge is -2.34. The van der Waals surface area contributed by atoms with Crippen LogP contribution in [0.3, 0.4) is 0 Å². The lowest BCUT2D eigenvalue weighted by molar-refractivity contribution is -0.146. The predicted octanol–water partition coefficient (Wildman–Crippen LogP) is 10.9. The van der Waals surface area contributed by atoms with Crippen LogP contribution in [-0.4, -0.2) is 107 Å². The van der Waals surface area contributed by atoms with Gasteiger partial charge in [0.05, 0.1) is 11.4 Å². The highest BCUT2D eigenvalue weighted by molar-refractivity contribution is 8.00. The van der Waals surface area contributed by atoms with Crippen molar-refractivity contribution in [1.82, 2.24) is 9.80 Å². The number of hydrogen-bond acceptors (Lipinski definition) is 12. The van der Waals surface area contributed by atoms with Crippen LogP contribution in [-0.2, 0) is 19.1 Å². The maximum atomic E-state index is 14.0. The molecule has 4 aliphatic rings. The number of nitrogens with one attached hydrogen (secondary N) is 2. The van der Waals surface area contributed by atoms with E-state index in [2.05, 4.69) is 20.4 Å². The Hall–Kier alpha value is -3.72. The molecule has 16 heteroatoms. The molecule has 0 aromatic heterocycles. The Kier molecular flexibility index (Phi) is 15.9. The highest BCUT2D eigenvalue weighted by Gasteiger charge is 2.40. The fraction of sp³-hybridized carbons (Fsp3) is 0.375. The molecular weight excluding hydrogens is 931 g/mol. The minimum absolute atomic E-state index is 0.0461. The van der Waals surface area contributed by atoms with E-state index in [1.165, 1.54) is 36.4 Å². The zero-order valence-corrected chi connectivity index (χ0v) is 40.0. The topological polar surface area (TPSA) is 108 Å². The van der Waals surface area contributed by atoms with E-state index in [0.717, 1.165) is 99.4 Å². The van der Waals surface area contributed by atoms with Gasteiger partial charge in [-0.15, -0.1) is 0 Å². The molecule has 4 heterocycles. The molecule has 0 radical (unpaired) electrons. The minimum Gasteiger partial charge on any atom is -0.424 e. The molecule has 4 aromatic rings. The Morgan fingerprint density at radius 1 is 0.578 bits per heavy atom. The van der Waals surface area contributed by atoms with Crippen LogP contribution in [0.2, 0.25) is 20.1 Å². The summed E-state index contributed by atoms with van der Waals surface area (Å²) in [5.41, 5.74) is 5.46. The maximum absolute atomic E-state index is 14.0. The largest absolute Gasteiger partial charge is 0.424 e. The Morgan fingerprint density at radius 2 is 0.984 bits per heavy atom. The highest BCUT2D eigenvalue weighted by Crippen LogP contribution is 2.39. The van der Waals surface area contributed by atoms with Crippen molar-refractivity contribution < 1.29 is 19.1 Å². The smallest absolute Gasteiger partial charge is 0.333 e. The molecule has 2 saturated heterocycles. The summed E-state index contributed by atoms with van der Waals surface area (Å²) in [5, 5.41) is 6.44. The molecule has 2 N–H and O–H groups in total. The molecule has 336 valence electrons. The number of rotatable bonds is 14. The van der Waals surface area contributed by atoms with Crippen molar-refractivity contribution in [2.45, 2.75) is 48.6 Å². The number of anilines is 2. The number of piperidine rings is 2. The molecule has 0 saturated carbocycles. The molecule has 0 bridgehead atoms. The Labute approximate surface area is 403 Å². The van der Waals surface area contributed by atoms with Crippen LogP contribution in [0.25, 0.3) is 0 Å². The first-order chi connectivity index (χ1) is 31.1. The van der Waals surface area contributed by atoms with E-state index in [0.29, 0.717) is 54.4 Å². The van der Waals surface area contributed by atoms with E-state index in [4.69, 9.17) is 65.9 Å². The van der Waals surface area contributed by atoms with Gasteiger partial charge < -0.3 is 29.9 Å². The summed E-state index contributed by atoms with van der Waals surface area (Å²) in [6.45, 7) is 5.82. The molecule has 2 unspecified atom stereocenters. The molecule has 2 atom stereocenters. The summed E-state index contributed by atoms with van der Waals surface area (Å²) in [5.74, 6) is -0.195. The van der Waals surface area contributed by atoms with Crippen LogP contribution in [0.5, 0.6) is 0 Å². The van der Waals surface area contributed by atoms with Crippen molar-refractivity contribution >= 4 is 105 Å². The number of thioether (sulfide) groups is 2. The van der Waals surface area contributed by atoms with Crippen LogP contribution in [0.4, 0.5) is 11.4 Å². The predicted molar refractivity (Wildman–Crippen MR) is 266 cm³/mol. The van der Waals surface area contributed by atoms with Crippen LogP contribution in [0.15, 0.2) is 107 Å². The normalized spacial score (nSPS) is 21.6. The quantitative estimate of drug-likeness (QED) is 0.0720. The number of likely N-dealkylation sites (tertiary alicyclic amines) is 2. The first-order valence-corrected chi connectivity index (χ1v) is 25.2. The number of nitrogens with zero attached hydrogens (tertiary/aromatic N) is 4. The maximum Gasteiger partial charge on any atom is 0.333 e. The van der Waals surface area contributed by atoms with Crippen molar-refractivity contribution in [1.29, 1.82) is 0 Å². The van der Waals surface area contributed by atoms with Crippen LogP contribution in [0.1, 0.15) is 60.8 Å². The van der Waals surface area contributed by atoms with E-state index in [9.17, 15) is 9.59 Å². The first kappa shape index (κ1) is 46.8. The summed E-state index contributed by atoms with van der Waals surface area (Å²) in [6.07, 6.45) is 9.32. The Morgan fingerprint density at radius 3 is 1.39 bits per heavy atom. The summed E-state index contributed by atoms with van der Waals surface area (Å²) in [6, 6.07) is 25.9. The third-order valence-corrected chi connectivity index (χ3v) is 15.0. The van der Waals surface area contributed by atoms with Gasteiger partial charge in [0.1, 0.15) is 13.1 Å². The van der Waals surface area contributed by atoms with Crippen molar-refractivity contribution in [3.63, 3.8) is 0 Å². The SMILES string of the molecule is O=C(/C=C/C(=O)OC1(SCCN2CCCCC2)CN=C(c2ccccc2Cl)c2cc(Cl)ccc2N1)OC1(SCCN2CCCCC2)CN=C(c2ccccc2Cl)c2cc(Cl)ccc2N1. The lowest BCUT2D eigenvalue weighted by atomic mass is 10.0. The molecule has 2 fully saturated rings. The fourth-order valence-corrected chi connectivity index (χ4v) is 11.5. The third kappa shape index (κ3) is 11.8. The van der Waals surface area contributed by atoms with Gasteiger partial charge in [-0.05, 0) is 100 Å². The van der Waals surface area contributed by atoms with Gasteiger partial charge in [-0.1, -0.05) is 119 Å². The molecule has 0 aliphatic carbocycles. The third-order valence-electron chi connectivity index (χ3n) is 11.5. The molecule has 10 nitrogen and oxygen atoms in total. The molecule has 4 aliphatic heterocycles. The molecule has 64 heavy (non-hydrogen) atoms. The van der Waals surface area contributed by atoms with Crippen molar-refractivity contribution in [2.75, 3.05) is 74.5 Å². The fourth-order valence-electron chi connectivity index (χ4n) is 8.35. The summed E-state index contributed by atoms with van der Waals surface area (Å²) >= 11 is 29.5. The van der Waals surface area contributed by atoms with Gasteiger partial charge >= 0.3 is 11.9 Å². The minimum atomic E-state index is -1.35. The molecule has 0 amide bonds. The van der Waals surface area contributed by atoms with Crippen LogP contribution >= 0.6 is 69.9 Å². The van der Waals surface area contributed by atoms with E-state index < -0.39 is 22.1 Å². The second-order valence-corrected chi connectivity index (χ2v) is 20.5. The summed E-state index contributed by atoms with van der Waals surface area (Å²) < 4.78 is 12.7. The van der Waals surface area contributed by atoms with Gasteiger partial charge in [0.15, 0.2) is 0 Å². The molecule has 4 aromatic carbocycles. The van der Waals surface area contributed by atoms with Gasteiger partial charge in [0.25, 0.3) is 10.1 Å². The van der Waals surface area contributed by atoms with Crippen molar-refractivity contribution in [2.24, 2.45) is 9.98 Å². The van der Waals surface area contributed by atoms with Crippen LogP contribution < -0.4 is 10.6 Å². The van der Waals surface area contributed by atoms with Gasteiger partial charge in [0, 0.05) is 90.5 Å². The number of benzodiazepines with no additional fused rings is 2. The average Bonchev–Trinajstić information content (AvgIpc) is 3.54. The monoisotopic (exact) mass is 978 g/mol. The van der Waals surface area contributed by atoms with Gasteiger partial charge in [-0.3, -0.25) is 9.98 Å². The van der Waals surface area contributed by atoms with E-state index in [1.807, 2.05) is 72.8 Å². The number of aliphatic imine (C=N–C) groups is 2. The lowest BCUT2D eigenvalue weighted by Crippen LogP contribution is -2.44. The van der Waals surface area contributed by atoms with E-state index >= 15 is 0 Å². The Bertz CT molecular complexity index is 2260. The number of carbonyl (C=O) groups excluding carboxylic acids is 2. The number of fused-ring (bicyclic) bond motifs is 2. The van der Waals surface area contributed by atoms with Gasteiger partial charge in [-0.25, -0.2) is 9.59 Å². The number of hydrogen-bond donors (Lipinski definition) is 2. The van der Waals surface area contributed by atoms with Crippen LogP contribution in [0, 0.1) is 0 Å². The number of esters is 2. The zero-order chi connectivity index (χ0) is 44.5. The Balaban J connectivity index is 1.06.